The number of carbonyl (C=O) groups is 1. The predicted octanol–water partition coefficient (Wildman–Crippen LogP) is 2.39. The first-order valence-electron chi connectivity index (χ1n) is 9.64. The summed E-state index contributed by atoms with van der Waals surface area (Å²) < 4.78 is 24.9. The molecule has 2 aromatic heterocycles. The smallest absolute Gasteiger partial charge is 0.250 e. The molecular weight excluding hydrogens is 448 g/mol. The van der Waals surface area contributed by atoms with E-state index in [-0.39, 0.29) is 16.6 Å². The van der Waals surface area contributed by atoms with E-state index in [1.165, 1.54) is 23.9 Å². The second-order valence-corrected chi connectivity index (χ2v) is 9.72. The zero-order valence-corrected chi connectivity index (χ0v) is 19.8. The zero-order valence-electron chi connectivity index (χ0n) is 18.2. The largest absolute Gasteiger partial charge is 0.318 e. The fourth-order valence-corrected chi connectivity index (χ4v) is 4.45. The van der Waals surface area contributed by atoms with E-state index in [4.69, 9.17) is 5.14 Å². The Morgan fingerprint density at radius 3 is 2.34 bits per heavy atom. The van der Waals surface area contributed by atoms with Crippen molar-refractivity contribution in [1.82, 2.24) is 20.0 Å². The normalized spacial score (nSPS) is 11.8. The van der Waals surface area contributed by atoms with E-state index in [1.54, 1.807) is 18.3 Å². The van der Waals surface area contributed by atoms with Gasteiger partial charge in [-0.05, 0) is 64.1 Å². The summed E-state index contributed by atoms with van der Waals surface area (Å²) >= 11 is 1.25. The third-order valence-electron chi connectivity index (χ3n) is 4.58. The van der Waals surface area contributed by atoms with Crippen LogP contribution in [0.25, 0.3) is 5.69 Å². The Morgan fingerprint density at radius 1 is 1.12 bits per heavy atom. The van der Waals surface area contributed by atoms with E-state index < -0.39 is 10.0 Å². The number of thioether (sulfide) groups is 1. The van der Waals surface area contributed by atoms with Crippen LogP contribution in [0.5, 0.6) is 0 Å². The number of sulfonamides is 1. The summed E-state index contributed by atoms with van der Waals surface area (Å²) in [6.07, 6.45) is 1.58. The van der Waals surface area contributed by atoms with Crippen LogP contribution in [0.3, 0.4) is 0 Å². The van der Waals surface area contributed by atoms with Crippen LogP contribution in [0, 0.1) is 27.7 Å². The third-order valence-corrected chi connectivity index (χ3v) is 6.36. The maximum atomic E-state index is 12.1. The molecule has 2 heterocycles. The summed E-state index contributed by atoms with van der Waals surface area (Å²) in [5.41, 5.74) is 7.66. The first-order chi connectivity index (χ1) is 15.0. The molecule has 0 saturated heterocycles. The maximum Gasteiger partial charge on any atom is 0.250 e. The number of hydrazone groups is 1. The van der Waals surface area contributed by atoms with Gasteiger partial charge in [0.15, 0.2) is 5.16 Å². The number of aryl methyl sites for hydroxylation is 3. The van der Waals surface area contributed by atoms with E-state index in [2.05, 4.69) is 20.5 Å². The lowest BCUT2D eigenvalue weighted by molar-refractivity contribution is -0.118. The second-order valence-electron chi connectivity index (χ2n) is 7.22. The van der Waals surface area contributed by atoms with Crippen LogP contribution in [0.15, 0.2) is 51.6 Å². The van der Waals surface area contributed by atoms with E-state index in [9.17, 15) is 13.2 Å². The molecule has 0 bridgehead atoms. The molecule has 0 aliphatic heterocycles. The summed E-state index contributed by atoms with van der Waals surface area (Å²) in [7, 11) is -3.74. The number of aromatic nitrogens is 3. The highest BCUT2D eigenvalue weighted by Gasteiger charge is 2.12. The van der Waals surface area contributed by atoms with Gasteiger partial charge >= 0.3 is 0 Å². The molecule has 0 unspecified atom stereocenters. The molecule has 0 saturated carbocycles. The standard InChI is InChI=1S/C21H24N6O3S2/c1-13-9-14(2)25-21(24-13)31-12-20(28)26-23-11-17-10-15(3)27(16(17)4)18-5-7-19(8-6-18)32(22,29)30/h5-11H,12H2,1-4H3,(H,26,28)(H2,22,29,30)/b23-11-. The number of amides is 1. The monoisotopic (exact) mass is 472 g/mol. The third kappa shape index (κ3) is 5.81. The van der Waals surface area contributed by atoms with Crippen molar-refractivity contribution in [2.24, 2.45) is 10.2 Å². The van der Waals surface area contributed by atoms with Crippen LogP contribution in [0.2, 0.25) is 0 Å². The van der Waals surface area contributed by atoms with Crippen LogP contribution in [-0.4, -0.2) is 40.8 Å². The molecule has 0 radical (unpaired) electrons. The molecular formula is C21H24N6O3S2. The van der Waals surface area contributed by atoms with Crippen molar-refractivity contribution >= 4 is 33.9 Å². The van der Waals surface area contributed by atoms with Gasteiger partial charge in [-0.2, -0.15) is 5.10 Å². The molecule has 11 heteroatoms. The Balaban J connectivity index is 1.66. The number of hydrogen-bond donors (Lipinski definition) is 2. The SMILES string of the molecule is Cc1cc(C)nc(SCC(=O)N/N=C\c2cc(C)n(-c3ccc(S(N)(=O)=O)cc3)c2C)n1. The molecule has 0 atom stereocenters. The number of benzene rings is 1. The number of nitrogens with zero attached hydrogens (tertiary/aromatic N) is 4. The molecule has 0 aliphatic rings. The molecule has 3 aromatic rings. The molecule has 32 heavy (non-hydrogen) atoms. The van der Waals surface area contributed by atoms with Crippen LogP contribution in [-0.2, 0) is 14.8 Å². The minimum absolute atomic E-state index is 0.0531. The van der Waals surface area contributed by atoms with E-state index >= 15 is 0 Å². The average Bonchev–Trinajstić information content (AvgIpc) is 2.98. The molecule has 3 rings (SSSR count). The Morgan fingerprint density at radius 2 is 1.75 bits per heavy atom. The molecule has 0 aliphatic carbocycles. The van der Waals surface area contributed by atoms with Gasteiger partial charge in [-0.15, -0.1) is 0 Å². The van der Waals surface area contributed by atoms with Gasteiger partial charge in [0, 0.05) is 34.0 Å². The van der Waals surface area contributed by atoms with Crippen molar-refractivity contribution in [2.75, 3.05) is 5.75 Å². The Kier molecular flexibility index (Phi) is 7.12. The highest BCUT2D eigenvalue weighted by Crippen LogP contribution is 2.21. The first kappa shape index (κ1) is 23.6. The number of nitrogens with one attached hydrogen (secondary N) is 1. The van der Waals surface area contributed by atoms with Crippen LogP contribution in [0.1, 0.15) is 28.3 Å². The molecule has 9 nitrogen and oxygen atoms in total. The molecule has 3 N–H and O–H groups in total. The van der Waals surface area contributed by atoms with Crippen LogP contribution < -0.4 is 10.6 Å². The number of nitrogens with two attached hydrogens (primary N) is 1. The highest BCUT2D eigenvalue weighted by atomic mass is 32.2. The Hall–Kier alpha value is -3.02. The molecule has 1 aromatic carbocycles. The van der Waals surface area contributed by atoms with E-state index in [0.717, 1.165) is 34.0 Å². The lowest BCUT2D eigenvalue weighted by atomic mass is 10.2. The number of hydrogen-bond acceptors (Lipinski definition) is 7. The lowest BCUT2D eigenvalue weighted by Gasteiger charge is -2.10. The van der Waals surface area contributed by atoms with Gasteiger partial charge in [0.25, 0.3) is 5.91 Å². The fourth-order valence-electron chi connectivity index (χ4n) is 3.19. The zero-order chi connectivity index (χ0) is 23.5. The van der Waals surface area contributed by atoms with Crippen molar-refractivity contribution < 1.29 is 13.2 Å². The summed E-state index contributed by atoms with van der Waals surface area (Å²) in [4.78, 5) is 20.7. The number of primary sulfonamides is 1. The second kappa shape index (κ2) is 9.63. The number of rotatable bonds is 7. The van der Waals surface area contributed by atoms with Crippen molar-refractivity contribution in [3.05, 3.63) is 64.7 Å². The Bertz CT molecular complexity index is 1260. The molecule has 1 amide bonds. The summed E-state index contributed by atoms with van der Waals surface area (Å²) in [5.74, 6) is -0.114. The van der Waals surface area contributed by atoms with Gasteiger partial charge in [-0.3, -0.25) is 4.79 Å². The molecule has 168 valence electrons. The molecule has 0 fully saturated rings. The number of carbonyl (C=O) groups excluding carboxylic acids is 1. The van der Waals surface area contributed by atoms with Gasteiger partial charge in [-0.1, -0.05) is 11.8 Å². The minimum Gasteiger partial charge on any atom is -0.318 e. The summed E-state index contributed by atoms with van der Waals surface area (Å²) in [5, 5.41) is 9.77. The maximum absolute atomic E-state index is 12.1. The van der Waals surface area contributed by atoms with Gasteiger partial charge in [0.2, 0.25) is 10.0 Å². The quantitative estimate of drug-likeness (QED) is 0.235. The van der Waals surface area contributed by atoms with Crippen LogP contribution >= 0.6 is 11.8 Å². The summed E-state index contributed by atoms with van der Waals surface area (Å²) in [6, 6.07) is 10.1. The van der Waals surface area contributed by atoms with Crippen molar-refractivity contribution in [1.29, 1.82) is 0 Å². The Labute approximate surface area is 191 Å². The van der Waals surface area contributed by atoms with Crippen LogP contribution in [0.4, 0.5) is 0 Å². The predicted molar refractivity (Wildman–Crippen MR) is 125 cm³/mol. The molecule has 0 spiro atoms. The van der Waals surface area contributed by atoms with Gasteiger partial charge in [0.1, 0.15) is 0 Å². The van der Waals surface area contributed by atoms with Crippen molar-refractivity contribution in [3.63, 3.8) is 0 Å². The van der Waals surface area contributed by atoms with E-state index in [0.29, 0.717) is 5.16 Å². The van der Waals surface area contributed by atoms with E-state index in [1.807, 2.05) is 44.4 Å². The van der Waals surface area contributed by atoms with Gasteiger partial charge in [0.05, 0.1) is 16.9 Å². The van der Waals surface area contributed by atoms with Crippen molar-refractivity contribution in [3.8, 4) is 5.69 Å². The van der Waals surface area contributed by atoms with Crippen molar-refractivity contribution in [2.45, 2.75) is 37.7 Å². The van der Waals surface area contributed by atoms with Gasteiger partial charge < -0.3 is 4.57 Å². The highest BCUT2D eigenvalue weighted by molar-refractivity contribution is 7.99. The fraction of sp³-hybridized carbons (Fsp3) is 0.238. The lowest BCUT2D eigenvalue weighted by Crippen LogP contribution is -2.19. The summed E-state index contributed by atoms with van der Waals surface area (Å²) in [6.45, 7) is 7.61. The van der Waals surface area contributed by atoms with Gasteiger partial charge in [-0.25, -0.2) is 29.0 Å². The average molecular weight is 473 g/mol. The first-order valence-corrected chi connectivity index (χ1v) is 12.2. The topological polar surface area (TPSA) is 132 Å². The minimum atomic E-state index is -3.74.